The van der Waals surface area contributed by atoms with E-state index in [1.54, 1.807) is 0 Å². The lowest BCUT2D eigenvalue weighted by Gasteiger charge is -2.36. The summed E-state index contributed by atoms with van der Waals surface area (Å²) in [7, 11) is 0. The Balaban J connectivity index is 0.00000225. The predicted molar refractivity (Wildman–Crippen MR) is 101 cm³/mol. The van der Waals surface area contributed by atoms with Crippen LogP contribution in [-0.4, -0.2) is 60.9 Å². The van der Waals surface area contributed by atoms with Gasteiger partial charge in [0.25, 0.3) is 5.91 Å². The fraction of sp³-hybridized carbons (Fsp3) is 0.579. The summed E-state index contributed by atoms with van der Waals surface area (Å²) in [5.41, 5.74) is 2.94. The number of piperazine rings is 1. The minimum absolute atomic E-state index is 0. The summed E-state index contributed by atoms with van der Waals surface area (Å²) in [6.45, 7) is 8.60. The first-order chi connectivity index (χ1) is 11.5. The van der Waals surface area contributed by atoms with Crippen molar-refractivity contribution in [3.8, 4) is 0 Å². The third-order valence-electron chi connectivity index (χ3n) is 4.96. The second kappa shape index (κ2) is 8.68. The number of nitrogens with one attached hydrogen (secondary N) is 1. The number of hydrogen-bond acceptors (Lipinski definition) is 3. The Kier molecular flexibility index (Phi) is 6.85. The van der Waals surface area contributed by atoms with Gasteiger partial charge >= 0.3 is 0 Å². The summed E-state index contributed by atoms with van der Waals surface area (Å²) in [5.74, 6) is 0.223. The van der Waals surface area contributed by atoms with Gasteiger partial charge in [-0.2, -0.15) is 0 Å². The number of likely N-dealkylation sites (tertiary alicyclic amines) is 1. The summed E-state index contributed by atoms with van der Waals surface area (Å²) in [6, 6.07) is 5.96. The fourth-order valence-electron chi connectivity index (χ4n) is 3.79. The second-order valence-corrected chi connectivity index (χ2v) is 7.04. The van der Waals surface area contributed by atoms with Gasteiger partial charge in [-0.25, -0.2) is 0 Å². The van der Waals surface area contributed by atoms with E-state index in [9.17, 15) is 9.59 Å². The van der Waals surface area contributed by atoms with Crippen molar-refractivity contribution in [3.05, 3.63) is 34.9 Å². The van der Waals surface area contributed by atoms with Crippen LogP contribution in [0.2, 0.25) is 0 Å². The van der Waals surface area contributed by atoms with E-state index in [4.69, 9.17) is 0 Å². The SMILES string of the molecule is Cc1cc(C)cc(C(=O)N2CCCC(C(=O)N3CCNCC3)C2)c1.Cl. The van der Waals surface area contributed by atoms with E-state index in [0.717, 1.165) is 62.3 Å². The first kappa shape index (κ1) is 19.7. The van der Waals surface area contributed by atoms with Crippen molar-refractivity contribution in [1.82, 2.24) is 15.1 Å². The highest BCUT2D eigenvalue weighted by atomic mass is 35.5. The lowest BCUT2D eigenvalue weighted by molar-refractivity contribution is -0.137. The largest absolute Gasteiger partial charge is 0.340 e. The number of carbonyl (C=O) groups is 2. The van der Waals surface area contributed by atoms with Gasteiger partial charge in [0.15, 0.2) is 0 Å². The molecule has 1 aromatic carbocycles. The highest BCUT2D eigenvalue weighted by Gasteiger charge is 2.32. The van der Waals surface area contributed by atoms with Crippen molar-refractivity contribution in [2.24, 2.45) is 5.92 Å². The van der Waals surface area contributed by atoms with Crippen molar-refractivity contribution >= 4 is 24.2 Å². The van der Waals surface area contributed by atoms with Crippen LogP contribution in [0.1, 0.15) is 34.3 Å². The van der Waals surface area contributed by atoms with Crippen LogP contribution in [0.15, 0.2) is 18.2 Å². The van der Waals surface area contributed by atoms with Crippen molar-refractivity contribution in [1.29, 1.82) is 0 Å². The lowest BCUT2D eigenvalue weighted by atomic mass is 9.95. The zero-order chi connectivity index (χ0) is 17.1. The van der Waals surface area contributed by atoms with E-state index >= 15 is 0 Å². The number of carbonyl (C=O) groups excluding carboxylic acids is 2. The lowest BCUT2D eigenvalue weighted by Crippen LogP contribution is -2.52. The average Bonchev–Trinajstić information content (AvgIpc) is 2.60. The summed E-state index contributed by atoms with van der Waals surface area (Å²) in [5, 5.41) is 3.27. The number of halogens is 1. The molecule has 0 spiro atoms. The number of piperidine rings is 1. The summed E-state index contributed by atoms with van der Waals surface area (Å²) in [6.07, 6.45) is 1.79. The maximum Gasteiger partial charge on any atom is 0.253 e. The number of benzene rings is 1. The van der Waals surface area contributed by atoms with E-state index in [2.05, 4.69) is 11.4 Å². The summed E-state index contributed by atoms with van der Waals surface area (Å²) in [4.78, 5) is 29.4. The van der Waals surface area contributed by atoms with Gasteiger partial charge in [0.2, 0.25) is 5.91 Å². The molecule has 0 aromatic heterocycles. The third kappa shape index (κ3) is 4.73. The zero-order valence-corrected chi connectivity index (χ0v) is 15.9. The van der Waals surface area contributed by atoms with Crippen molar-refractivity contribution < 1.29 is 9.59 Å². The second-order valence-electron chi connectivity index (χ2n) is 7.04. The number of hydrogen-bond donors (Lipinski definition) is 1. The van der Waals surface area contributed by atoms with E-state index in [0.29, 0.717) is 6.54 Å². The van der Waals surface area contributed by atoms with Crippen molar-refractivity contribution in [2.75, 3.05) is 39.3 Å². The monoisotopic (exact) mass is 365 g/mol. The first-order valence-electron chi connectivity index (χ1n) is 8.91. The molecule has 2 aliphatic heterocycles. The first-order valence-corrected chi connectivity index (χ1v) is 8.91. The van der Waals surface area contributed by atoms with Crippen molar-refractivity contribution in [2.45, 2.75) is 26.7 Å². The van der Waals surface area contributed by atoms with Gasteiger partial charge in [-0.15, -0.1) is 12.4 Å². The Morgan fingerprint density at radius 3 is 2.28 bits per heavy atom. The Bertz CT molecular complexity index is 609. The Hall–Kier alpha value is -1.59. The van der Waals surface area contributed by atoms with Gasteiger partial charge in [0.05, 0.1) is 5.92 Å². The molecule has 0 radical (unpaired) electrons. The molecule has 0 bridgehead atoms. The molecule has 1 N–H and O–H groups in total. The van der Waals surface area contributed by atoms with Gasteiger partial charge in [0.1, 0.15) is 0 Å². The molecule has 1 aromatic rings. The van der Waals surface area contributed by atoms with Gasteiger partial charge in [-0.3, -0.25) is 9.59 Å². The van der Waals surface area contributed by atoms with E-state index in [1.165, 1.54) is 0 Å². The molecule has 1 atom stereocenters. The van der Waals surface area contributed by atoms with Gasteiger partial charge < -0.3 is 15.1 Å². The minimum atomic E-state index is -0.0493. The molecule has 6 heteroatoms. The molecule has 0 aliphatic carbocycles. The van der Waals surface area contributed by atoms with Crippen LogP contribution in [0.25, 0.3) is 0 Å². The molecular weight excluding hydrogens is 338 g/mol. The quantitative estimate of drug-likeness (QED) is 0.872. The average molecular weight is 366 g/mol. The Labute approximate surface area is 156 Å². The highest BCUT2D eigenvalue weighted by Crippen LogP contribution is 2.22. The van der Waals surface area contributed by atoms with Crippen molar-refractivity contribution in [3.63, 3.8) is 0 Å². The number of amides is 2. The molecule has 5 nitrogen and oxygen atoms in total. The van der Waals surface area contributed by atoms with Crippen LogP contribution < -0.4 is 5.32 Å². The molecule has 2 saturated heterocycles. The molecular formula is C19H28ClN3O2. The molecule has 0 saturated carbocycles. The van der Waals surface area contributed by atoms with Gasteiger partial charge in [-0.05, 0) is 38.8 Å². The molecule has 2 amide bonds. The molecule has 25 heavy (non-hydrogen) atoms. The maximum atomic E-state index is 12.8. The fourth-order valence-corrected chi connectivity index (χ4v) is 3.79. The highest BCUT2D eigenvalue weighted by molar-refractivity contribution is 5.95. The topological polar surface area (TPSA) is 52.7 Å². The van der Waals surface area contributed by atoms with E-state index in [1.807, 2.05) is 35.8 Å². The molecule has 2 fully saturated rings. The van der Waals surface area contributed by atoms with E-state index in [-0.39, 0.29) is 30.1 Å². The van der Waals surface area contributed by atoms with E-state index < -0.39 is 0 Å². The molecule has 2 aliphatic rings. The van der Waals surface area contributed by atoms with Crippen LogP contribution in [0.5, 0.6) is 0 Å². The molecule has 3 rings (SSSR count). The smallest absolute Gasteiger partial charge is 0.253 e. The van der Waals surface area contributed by atoms with Crippen LogP contribution >= 0.6 is 12.4 Å². The minimum Gasteiger partial charge on any atom is -0.340 e. The molecule has 1 unspecified atom stereocenters. The van der Waals surface area contributed by atoms with Crippen LogP contribution in [0.3, 0.4) is 0 Å². The summed E-state index contributed by atoms with van der Waals surface area (Å²) >= 11 is 0. The van der Waals surface area contributed by atoms with Crippen LogP contribution in [0.4, 0.5) is 0 Å². The van der Waals surface area contributed by atoms with Crippen LogP contribution in [0, 0.1) is 19.8 Å². The molecule has 2 heterocycles. The Morgan fingerprint density at radius 1 is 1.00 bits per heavy atom. The number of aryl methyl sites for hydroxylation is 2. The standard InChI is InChI=1S/C19H27N3O2.ClH/c1-14-10-15(2)12-17(11-14)19(24)22-7-3-4-16(13-22)18(23)21-8-5-20-6-9-21;/h10-12,16,20H,3-9,13H2,1-2H3;1H. The predicted octanol–water partition coefficient (Wildman–Crippen LogP) is 2.01. The number of nitrogens with zero attached hydrogens (tertiary/aromatic N) is 2. The summed E-state index contributed by atoms with van der Waals surface area (Å²) < 4.78 is 0. The normalized spacial score (nSPS) is 20.8. The van der Waals surface area contributed by atoms with Gasteiger partial charge in [0, 0.05) is 44.8 Å². The Morgan fingerprint density at radius 2 is 1.64 bits per heavy atom. The molecule has 138 valence electrons. The van der Waals surface area contributed by atoms with Gasteiger partial charge in [-0.1, -0.05) is 17.2 Å². The number of rotatable bonds is 2. The third-order valence-corrected chi connectivity index (χ3v) is 4.96. The maximum absolute atomic E-state index is 12.8. The van der Waals surface area contributed by atoms with Crippen LogP contribution in [-0.2, 0) is 4.79 Å². The zero-order valence-electron chi connectivity index (χ0n) is 15.1.